The number of benzene rings is 2. The maximum atomic E-state index is 12.4. The molecule has 0 unspecified atom stereocenters. The first kappa shape index (κ1) is 19.8. The van der Waals surface area contributed by atoms with Crippen LogP contribution in [0.2, 0.25) is 0 Å². The maximum Gasteiger partial charge on any atom is 0.331 e. The molecule has 0 saturated heterocycles. The minimum Gasteiger partial charge on any atom is -0.494 e. The van der Waals surface area contributed by atoms with E-state index in [4.69, 9.17) is 0 Å². The van der Waals surface area contributed by atoms with Crippen molar-refractivity contribution < 1.29 is 9.90 Å². The zero-order valence-electron chi connectivity index (χ0n) is 15.8. The van der Waals surface area contributed by atoms with E-state index >= 15 is 0 Å². The molecule has 0 atom stereocenters. The summed E-state index contributed by atoms with van der Waals surface area (Å²) in [6.07, 6.45) is 0.245. The SMILES string of the molecule is CC/C(=N\NC(=O)c1ccccc1)c1c(O)n(Cc2ccccc2)c(=O)[nH]c1=O. The Morgan fingerprint density at radius 3 is 2.31 bits per heavy atom. The molecule has 8 heteroatoms. The van der Waals surface area contributed by atoms with Gasteiger partial charge in [0.25, 0.3) is 11.5 Å². The molecule has 0 aliphatic heterocycles. The molecule has 1 amide bonds. The van der Waals surface area contributed by atoms with E-state index in [2.05, 4.69) is 15.5 Å². The number of aromatic nitrogens is 2. The summed E-state index contributed by atoms with van der Waals surface area (Å²) in [4.78, 5) is 39.0. The molecule has 0 spiro atoms. The van der Waals surface area contributed by atoms with Crippen molar-refractivity contribution in [1.29, 1.82) is 0 Å². The van der Waals surface area contributed by atoms with Crippen molar-refractivity contribution in [2.24, 2.45) is 5.10 Å². The fourth-order valence-electron chi connectivity index (χ4n) is 2.82. The van der Waals surface area contributed by atoms with Crippen LogP contribution in [0.1, 0.15) is 34.8 Å². The Balaban J connectivity index is 1.97. The van der Waals surface area contributed by atoms with Gasteiger partial charge >= 0.3 is 5.69 Å². The summed E-state index contributed by atoms with van der Waals surface area (Å²) in [7, 11) is 0. The number of rotatable bonds is 6. The molecular weight excluding hydrogens is 372 g/mol. The van der Waals surface area contributed by atoms with E-state index in [0.29, 0.717) is 5.56 Å². The van der Waals surface area contributed by atoms with Gasteiger partial charge in [-0.15, -0.1) is 0 Å². The molecular formula is C21H20N4O4. The number of hydrogen-bond donors (Lipinski definition) is 3. The molecule has 1 heterocycles. The van der Waals surface area contributed by atoms with Gasteiger partial charge < -0.3 is 5.11 Å². The Labute approximate surface area is 166 Å². The van der Waals surface area contributed by atoms with E-state index < -0.39 is 23.0 Å². The van der Waals surface area contributed by atoms with Gasteiger partial charge in [-0.25, -0.2) is 10.2 Å². The van der Waals surface area contributed by atoms with Crippen LogP contribution in [0.5, 0.6) is 5.88 Å². The van der Waals surface area contributed by atoms with Crippen LogP contribution >= 0.6 is 0 Å². The first-order chi connectivity index (χ1) is 14.0. The summed E-state index contributed by atoms with van der Waals surface area (Å²) in [5.41, 5.74) is 2.05. The molecule has 0 aliphatic rings. The fourth-order valence-corrected chi connectivity index (χ4v) is 2.82. The molecule has 0 radical (unpaired) electrons. The Kier molecular flexibility index (Phi) is 6.03. The van der Waals surface area contributed by atoms with Gasteiger partial charge in [0.15, 0.2) is 0 Å². The largest absolute Gasteiger partial charge is 0.494 e. The second kappa shape index (κ2) is 8.83. The number of aromatic hydroxyl groups is 1. The number of nitrogens with one attached hydrogen (secondary N) is 2. The van der Waals surface area contributed by atoms with E-state index in [-0.39, 0.29) is 24.2 Å². The standard InChI is InChI=1S/C21H20N4O4/c1-2-16(23-24-18(26)15-11-7-4-8-12-15)17-19(27)22-21(29)25(20(17)28)13-14-9-5-3-6-10-14/h3-12,28H,2,13H2,1H3,(H,24,26)(H,22,27,29)/b23-16+. The second-order valence-corrected chi connectivity index (χ2v) is 6.25. The first-order valence-electron chi connectivity index (χ1n) is 9.03. The van der Waals surface area contributed by atoms with E-state index in [0.717, 1.165) is 10.1 Å². The molecule has 0 aliphatic carbocycles. The smallest absolute Gasteiger partial charge is 0.331 e. The zero-order valence-corrected chi connectivity index (χ0v) is 15.8. The lowest BCUT2D eigenvalue weighted by Gasteiger charge is -2.12. The van der Waals surface area contributed by atoms with Crippen molar-refractivity contribution in [2.75, 3.05) is 0 Å². The average Bonchev–Trinajstić information content (AvgIpc) is 2.74. The van der Waals surface area contributed by atoms with E-state index in [1.165, 1.54) is 0 Å². The van der Waals surface area contributed by atoms with Gasteiger partial charge in [-0.3, -0.25) is 19.1 Å². The Bertz CT molecular complexity index is 1150. The molecule has 1 aromatic heterocycles. The summed E-state index contributed by atoms with van der Waals surface area (Å²) in [6, 6.07) is 17.5. The van der Waals surface area contributed by atoms with Crippen LogP contribution in [-0.4, -0.2) is 26.3 Å². The van der Waals surface area contributed by atoms with Crippen LogP contribution < -0.4 is 16.7 Å². The fraction of sp³-hybridized carbons (Fsp3) is 0.143. The third-order valence-electron chi connectivity index (χ3n) is 4.31. The summed E-state index contributed by atoms with van der Waals surface area (Å²) >= 11 is 0. The summed E-state index contributed by atoms with van der Waals surface area (Å²) in [5, 5.41) is 14.7. The van der Waals surface area contributed by atoms with Crippen LogP contribution in [0, 0.1) is 0 Å². The van der Waals surface area contributed by atoms with Gasteiger partial charge in [0, 0.05) is 5.56 Å². The summed E-state index contributed by atoms with van der Waals surface area (Å²) in [6.45, 7) is 1.79. The van der Waals surface area contributed by atoms with Crippen molar-refractivity contribution in [3.05, 3.63) is 98.2 Å². The van der Waals surface area contributed by atoms with Crippen LogP contribution in [0.15, 0.2) is 75.4 Å². The highest BCUT2D eigenvalue weighted by Crippen LogP contribution is 2.15. The van der Waals surface area contributed by atoms with Crippen molar-refractivity contribution >= 4 is 11.6 Å². The normalized spacial score (nSPS) is 11.3. The van der Waals surface area contributed by atoms with Crippen molar-refractivity contribution in [2.45, 2.75) is 19.9 Å². The third kappa shape index (κ3) is 4.49. The van der Waals surface area contributed by atoms with Crippen molar-refractivity contribution in [1.82, 2.24) is 15.0 Å². The monoisotopic (exact) mass is 392 g/mol. The Morgan fingerprint density at radius 2 is 1.69 bits per heavy atom. The molecule has 0 saturated carbocycles. The minimum atomic E-state index is -0.772. The van der Waals surface area contributed by atoms with E-state index in [1.807, 2.05) is 18.2 Å². The number of H-pyrrole nitrogens is 1. The quantitative estimate of drug-likeness (QED) is 0.438. The van der Waals surface area contributed by atoms with Crippen molar-refractivity contribution in [3.8, 4) is 5.88 Å². The van der Waals surface area contributed by atoms with Gasteiger partial charge in [0.2, 0.25) is 5.88 Å². The number of nitrogens with zero attached hydrogens (tertiary/aromatic N) is 2. The average molecular weight is 392 g/mol. The van der Waals surface area contributed by atoms with Gasteiger partial charge in [-0.2, -0.15) is 5.10 Å². The Hall–Kier alpha value is -3.94. The summed E-state index contributed by atoms with van der Waals surface area (Å²) in [5.74, 6) is -0.956. The van der Waals surface area contributed by atoms with Crippen LogP contribution in [0.25, 0.3) is 0 Å². The molecule has 0 bridgehead atoms. The Morgan fingerprint density at radius 1 is 1.07 bits per heavy atom. The zero-order chi connectivity index (χ0) is 20.8. The number of hydrazone groups is 1. The molecule has 148 valence electrons. The predicted molar refractivity (Wildman–Crippen MR) is 109 cm³/mol. The highest BCUT2D eigenvalue weighted by atomic mass is 16.3. The van der Waals surface area contributed by atoms with Crippen LogP contribution in [0.4, 0.5) is 0 Å². The number of aromatic amines is 1. The number of amides is 1. The maximum absolute atomic E-state index is 12.4. The van der Waals surface area contributed by atoms with Gasteiger partial charge in [0.05, 0.1) is 12.3 Å². The molecule has 29 heavy (non-hydrogen) atoms. The molecule has 8 nitrogen and oxygen atoms in total. The lowest BCUT2D eigenvalue weighted by Crippen LogP contribution is -2.34. The molecule has 3 rings (SSSR count). The molecule has 0 fully saturated rings. The predicted octanol–water partition coefficient (Wildman–Crippen LogP) is 1.83. The number of carbonyl (C=O) groups excluding carboxylic acids is 1. The van der Waals surface area contributed by atoms with E-state index in [1.54, 1.807) is 49.4 Å². The topological polar surface area (TPSA) is 117 Å². The molecule has 3 aromatic rings. The molecule has 3 N–H and O–H groups in total. The van der Waals surface area contributed by atoms with E-state index in [9.17, 15) is 19.5 Å². The van der Waals surface area contributed by atoms with Gasteiger partial charge in [-0.05, 0) is 24.1 Å². The lowest BCUT2D eigenvalue weighted by atomic mass is 10.1. The van der Waals surface area contributed by atoms with Gasteiger partial charge in [0.1, 0.15) is 5.56 Å². The lowest BCUT2D eigenvalue weighted by molar-refractivity contribution is 0.0954. The number of hydrogen-bond acceptors (Lipinski definition) is 5. The summed E-state index contributed by atoms with van der Waals surface area (Å²) < 4.78 is 1.05. The van der Waals surface area contributed by atoms with Gasteiger partial charge in [-0.1, -0.05) is 55.5 Å². The highest BCUT2D eigenvalue weighted by molar-refractivity contribution is 6.03. The molecule has 2 aromatic carbocycles. The second-order valence-electron chi connectivity index (χ2n) is 6.25. The van der Waals surface area contributed by atoms with Crippen LogP contribution in [-0.2, 0) is 6.54 Å². The third-order valence-corrected chi connectivity index (χ3v) is 4.31. The minimum absolute atomic E-state index is 0.0721. The van der Waals surface area contributed by atoms with Crippen LogP contribution in [0.3, 0.4) is 0 Å². The number of carbonyl (C=O) groups is 1. The highest BCUT2D eigenvalue weighted by Gasteiger charge is 2.19. The first-order valence-corrected chi connectivity index (χ1v) is 9.03. The van der Waals surface area contributed by atoms with Crippen molar-refractivity contribution in [3.63, 3.8) is 0 Å².